The van der Waals surface area contributed by atoms with Crippen LogP contribution in [0.1, 0.15) is 24.0 Å². The van der Waals surface area contributed by atoms with E-state index in [9.17, 15) is 31.5 Å². The van der Waals surface area contributed by atoms with Gasteiger partial charge in [0.2, 0.25) is 15.9 Å². The van der Waals surface area contributed by atoms with Crippen molar-refractivity contribution in [3.8, 4) is 5.75 Å². The molecule has 2 aromatic carbocycles. The minimum Gasteiger partial charge on any atom is -0.421 e. The Bertz CT molecular complexity index is 1510. The summed E-state index contributed by atoms with van der Waals surface area (Å²) in [7, 11) is -9.34. The molecule has 4 rings (SSSR count). The van der Waals surface area contributed by atoms with Crippen LogP contribution in [-0.2, 0) is 37.0 Å². The topological polar surface area (TPSA) is 147 Å². The Hall–Kier alpha value is -3.42. The van der Waals surface area contributed by atoms with Crippen molar-refractivity contribution in [2.75, 3.05) is 37.7 Å². The molecule has 238 valence electrons. The zero-order chi connectivity index (χ0) is 31.6. The summed E-state index contributed by atoms with van der Waals surface area (Å²) in [5, 5.41) is 2.79. The summed E-state index contributed by atoms with van der Waals surface area (Å²) < 4.78 is 75.9. The molecule has 3 aromatic rings. The first-order valence-corrected chi connectivity index (χ1v) is 17.2. The molecule has 1 aliphatic heterocycles. The van der Waals surface area contributed by atoms with E-state index < -0.39 is 35.7 Å². The Labute approximate surface area is 255 Å². The highest BCUT2D eigenvalue weighted by molar-refractivity contribution is 7.89. The van der Waals surface area contributed by atoms with Crippen molar-refractivity contribution in [2.24, 2.45) is 0 Å². The van der Waals surface area contributed by atoms with Crippen LogP contribution in [0.3, 0.4) is 0 Å². The molecule has 0 radical (unpaired) electrons. The van der Waals surface area contributed by atoms with Gasteiger partial charge in [0.05, 0.1) is 13.2 Å². The number of pyridine rings is 1. The van der Waals surface area contributed by atoms with E-state index in [1.165, 1.54) is 42.1 Å². The molecule has 11 nitrogen and oxygen atoms in total. The lowest BCUT2D eigenvalue weighted by Crippen LogP contribution is -2.48. The number of nitrogens with zero attached hydrogens (tertiary/aromatic N) is 2. The summed E-state index contributed by atoms with van der Waals surface area (Å²) in [6, 6.07) is 16.9. The highest BCUT2D eigenvalue weighted by Crippen LogP contribution is 2.48. The van der Waals surface area contributed by atoms with Crippen LogP contribution in [-0.4, -0.2) is 69.3 Å². The third kappa shape index (κ3) is 9.80. The number of hydrogen-bond donors (Lipinski definition) is 3. The van der Waals surface area contributed by atoms with Crippen molar-refractivity contribution in [2.45, 2.75) is 42.8 Å². The fraction of sp³-hybridized carbons (Fsp3) is 0.379. The van der Waals surface area contributed by atoms with E-state index in [-0.39, 0.29) is 17.1 Å². The van der Waals surface area contributed by atoms with E-state index in [1.54, 1.807) is 6.07 Å². The minimum absolute atomic E-state index is 0.0969. The van der Waals surface area contributed by atoms with Gasteiger partial charge in [-0.05, 0) is 61.1 Å². The standard InChI is InChI=1S/C29H35F2N4O7PS/c30-29(31)43(37,38)42-24-11-9-23(10-12-24)20-26(28(36)32-15-5-4-8-22-6-2-1-3-7-22)34-44(39,40)25-13-14-27(33-21-25)35-16-18-41-19-17-35/h1-3,6-7,9-14,21,26,29,34H,4-5,8,15-20H2,(H,32,36)(H,37,38)/t26-/m0/s1. The monoisotopic (exact) mass is 652 g/mol. The predicted octanol–water partition coefficient (Wildman–Crippen LogP) is 3.73. The van der Waals surface area contributed by atoms with E-state index in [0.717, 1.165) is 12.8 Å². The fourth-order valence-electron chi connectivity index (χ4n) is 4.50. The molecule has 0 saturated carbocycles. The molecule has 0 spiro atoms. The number of halogens is 2. The van der Waals surface area contributed by atoms with Crippen LogP contribution in [0, 0.1) is 0 Å². The number of benzene rings is 2. The first kappa shape index (κ1) is 33.5. The van der Waals surface area contributed by atoms with Gasteiger partial charge in [0.25, 0.3) is 0 Å². The van der Waals surface area contributed by atoms with Gasteiger partial charge >= 0.3 is 13.8 Å². The molecule has 3 N–H and O–H groups in total. The molecule has 15 heteroatoms. The van der Waals surface area contributed by atoms with E-state index in [4.69, 9.17) is 4.74 Å². The minimum atomic E-state index is -5.16. The molecule has 1 amide bonds. The van der Waals surface area contributed by atoms with Gasteiger partial charge in [-0.2, -0.15) is 13.5 Å². The number of alkyl halides is 2. The molecule has 0 aliphatic carbocycles. The zero-order valence-electron chi connectivity index (χ0n) is 23.8. The van der Waals surface area contributed by atoms with Crippen molar-refractivity contribution in [1.29, 1.82) is 0 Å². The Morgan fingerprint density at radius 2 is 1.73 bits per heavy atom. The third-order valence-corrected chi connectivity index (χ3v) is 9.28. The summed E-state index contributed by atoms with van der Waals surface area (Å²) in [4.78, 5) is 28.7. The van der Waals surface area contributed by atoms with Gasteiger partial charge in [0, 0.05) is 25.8 Å². The number of morpholine rings is 1. The summed E-state index contributed by atoms with van der Waals surface area (Å²) in [5.74, 6) is -0.214. The lowest BCUT2D eigenvalue weighted by Gasteiger charge is -2.27. The highest BCUT2D eigenvalue weighted by Gasteiger charge is 2.34. The van der Waals surface area contributed by atoms with Crippen molar-refractivity contribution < 1.29 is 40.7 Å². The average molecular weight is 653 g/mol. The number of unbranched alkanes of at least 4 members (excludes halogenated alkanes) is 1. The Kier molecular flexibility index (Phi) is 11.8. The van der Waals surface area contributed by atoms with Crippen LogP contribution >= 0.6 is 7.60 Å². The van der Waals surface area contributed by atoms with E-state index >= 15 is 0 Å². The second-order valence-electron chi connectivity index (χ2n) is 10.1. The number of amides is 1. The van der Waals surface area contributed by atoms with Gasteiger partial charge in [-0.3, -0.25) is 4.79 Å². The number of sulfonamides is 1. The van der Waals surface area contributed by atoms with Crippen LogP contribution in [0.15, 0.2) is 77.8 Å². The Morgan fingerprint density at radius 1 is 1.02 bits per heavy atom. The maximum Gasteiger partial charge on any atom is 0.442 e. The van der Waals surface area contributed by atoms with Gasteiger partial charge < -0.3 is 24.4 Å². The second-order valence-corrected chi connectivity index (χ2v) is 13.6. The number of hydrogen-bond acceptors (Lipinski definition) is 8. The second kappa shape index (κ2) is 15.5. The van der Waals surface area contributed by atoms with Gasteiger partial charge in [0.15, 0.2) is 0 Å². The van der Waals surface area contributed by atoms with Crippen molar-refractivity contribution in [1.82, 2.24) is 15.0 Å². The smallest absolute Gasteiger partial charge is 0.421 e. The van der Waals surface area contributed by atoms with Gasteiger partial charge in [-0.25, -0.2) is 18.0 Å². The molecule has 1 saturated heterocycles. The fourth-order valence-corrected chi connectivity index (χ4v) is 6.14. The van der Waals surface area contributed by atoms with Crippen LogP contribution in [0.4, 0.5) is 14.6 Å². The van der Waals surface area contributed by atoms with Crippen LogP contribution in [0.2, 0.25) is 0 Å². The van der Waals surface area contributed by atoms with Gasteiger partial charge in [0.1, 0.15) is 22.5 Å². The van der Waals surface area contributed by atoms with E-state index in [0.29, 0.717) is 50.7 Å². The summed E-state index contributed by atoms with van der Waals surface area (Å²) in [5.41, 5.74) is 1.63. The molecule has 1 unspecified atom stereocenters. The average Bonchev–Trinajstić information content (AvgIpc) is 3.02. The van der Waals surface area contributed by atoms with Crippen molar-refractivity contribution in [3.63, 3.8) is 0 Å². The number of aromatic nitrogens is 1. The quantitative estimate of drug-likeness (QED) is 0.165. The molecular weight excluding hydrogens is 617 g/mol. The maximum absolute atomic E-state index is 13.3. The summed E-state index contributed by atoms with van der Waals surface area (Å²) >= 11 is 0. The lowest BCUT2D eigenvalue weighted by molar-refractivity contribution is -0.122. The molecule has 1 aliphatic rings. The number of ether oxygens (including phenoxy) is 1. The number of nitrogens with one attached hydrogen (secondary N) is 2. The van der Waals surface area contributed by atoms with E-state index in [1.807, 2.05) is 35.2 Å². The van der Waals surface area contributed by atoms with Crippen LogP contribution in [0.5, 0.6) is 5.75 Å². The summed E-state index contributed by atoms with van der Waals surface area (Å²) in [6.45, 7) is 2.68. The lowest BCUT2D eigenvalue weighted by atomic mass is 10.1. The highest BCUT2D eigenvalue weighted by atomic mass is 32.2. The molecule has 2 heterocycles. The number of carbonyl (C=O) groups excluding carboxylic acids is 1. The number of aryl methyl sites for hydroxylation is 1. The first-order valence-electron chi connectivity index (χ1n) is 14.1. The first-order chi connectivity index (χ1) is 21.0. The van der Waals surface area contributed by atoms with Crippen molar-refractivity contribution in [3.05, 3.63) is 84.1 Å². The van der Waals surface area contributed by atoms with Crippen LogP contribution < -0.4 is 19.5 Å². The largest absolute Gasteiger partial charge is 0.442 e. The molecule has 1 fully saturated rings. The number of rotatable bonds is 15. The molecule has 0 bridgehead atoms. The molecule has 2 atom stereocenters. The molecular formula is C29H35F2N4O7PS. The maximum atomic E-state index is 13.3. The third-order valence-electron chi connectivity index (χ3n) is 6.86. The van der Waals surface area contributed by atoms with Crippen molar-refractivity contribution >= 4 is 29.3 Å². The predicted molar refractivity (Wildman–Crippen MR) is 160 cm³/mol. The molecule has 1 aromatic heterocycles. The number of anilines is 1. The van der Waals surface area contributed by atoms with Crippen LogP contribution in [0.25, 0.3) is 0 Å². The van der Waals surface area contributed by atoms with Gasteiger partial charge in [-0.15, -0.1) is 0 Å². The van der Waals surface area contributed by atoms with Gasteiger partial charge in [-0.1, -0.05) is 42.5 Å². The summed E-state index contributed by atoms with van der Waals surface area (Å²) in [6.07, 6.45) is -0.120. The Morgan fingerprint density at radius 3 is 2.36 bits per heavy atom. The SMILES string of the molecule is O=C(NCCCCc1ccccc1)[C@H](Cc1ccc(OP(=O)(O)C(F)F)cc1)NS(=O)(=O)c1ccc(N2CCOCC2)nc1. The number of carbonyl (C=O) groups is 1. The van der Waals surface area contributed by atoms with E-state index in [2.05, 4.69) is 19.5 Å². The Balaban J connectivity index is 1.43. The molecule has 44 heavy (non-hydrogen) atoms. The normalized spacial score (nSPS) is 15.9. The zero-order valence-corrected chi connectivity index (χ0v) is 25.6.